The Morgan fingerprint density at radius 2 is 1.65 bits per heavy atom. The smallest absolute Gasteiger partial charge is 0.455 e. The van der Waals surface area contributed by atoms with Crippen molar-refractivity contribution in [3.8, 4) is 5.75 Å². The van der Waals surface area contributed by atoms with Gasteiger partial charge >= 0.3 is 13.8 Å². The number of esters is 1. The Kier molecular flexibility index (Phi) is 20.7. The van der Waals surface area contributed by atoms with Crippen molar-refractivity contribution in [2.75, 3.05) is 19.3 Å². The van der Waals surface area contributed by atoms with Crippen molar-refractivity contribution in [3.63, 3.8) is 0 Å². The van der Waals surface area contributed by atoms with Gasteiger partial charge in [-0.1, -0.05) is 67.0 Å². The molecular formula is C39H62N5O10PS2. The van der Waals surface area contributed by atoms with Crippen LogP contribution < -0.4 is 20.5 Å². The van der Waals surface area contributed by atoms with E-state index < -0.39 is 49.8 Å². The monoisotopic (exact) mass is 855 g/mol. The van der Waals surface area contributed by atoms with Gasteiger partial charge in [0.05, 0.1) is 0 Å². The molecule has 320 valence electrons. The summed E-state index contributed by atoms with van der Waals surface area (Å²) < 4.78 is 21.7. The first-order valence-corrected chi connectivity index (χ1v) is 22.4. The van der Waals surface area contributed by atoms with E-state index in [2.05, 4.69) is 38.1 Å². The molecule has 1 aromatic carbocycles. The number of phosphoric ester groups is 1. The fraction of sp³-hybridized carbons (Fsp3) is 0.641. The minimum absolute atomic E-state index is 0.0269. The molecule has 2 aromatic rings. The Morgan fingerprint density at radius 3 is 2.19 bits per heavy atom. The number of thiol groups is 1. The number of amides is 4. The molecule has 4 amide bonds. The summed E-state index contributed by atoms with van der Waals surface area (Å²) in [4.78, 5) is 90.3. The Morgan fingerprint density at radius 1 is 1.00 bits per heavy atom. The molecule has 6 atom stereocenters. The zero-order chi connectivity index (χ0) is 43.0. The lowest BCUT2D eigenvalue weighted by atomic mass is 9.93. The third-order valence-electron chi connectivity index (χ3n) is 9.48. The van der Waals surface area contributed by atoms with E-state index in [0.29, 0.717) is 42.1 Å². The lowest BCUT2D eigenvalue weighted by Gasteiger charge is -2.37. The molecule has 57 heavy (non-hydrogen) atoms. The predicted molar refractivity (Wildman–Crippen MR) is 223 cm³/mol. The summed E-state index contributed by atoms with van der Waals surface area (Å²) in [5, 5.41) is 10.7. The van der Waals surface area contributed by atoms with Crippen LogP contribution in [0.25, 0.3) is 0 Å². The number of carbonyl (C=O) groups is 5. The normalized spacial score (nSPS) is 14.8. The lowest BCUT2D eigenvalue weighted by molar-refractivity contribution is -0.149. The van der Waals surface area contributed by atoms with Crippen LogP contribution in [0.4, 0.5) is 0 Å². The SMILES string of the molecule is CC[C@H](C)[C@H](NC(=O)CC(C)C)C(=O)N(C)[C@H](C[C@@H](OC(C)=O)c1nc(C(=O)N[C@@H](Cc2ccc(OP(=O)(O)O)cc2)CC(C)C(=O)NCCCS)cs1)C(C)C. The first-order chi connectivity index (χ1) is 26.6. The number of ether oxygens (including phenoxy) is 1. The zero-order valence-electron chi connectivity index (χ0n) is 34.5. The van der Waals surface area contributed by atoms with Crippen molar-refractivity contribution in [3.05, 3.63) is 45.9 Å². The lowest BCUT2D eigenvalue weighted by Crippen LogP contribution is -2.54. The Hall–Kier alpha value is -3.50. The fourth-order valence-electron chi connectivity index (χ4n) is 6.26. The average Bonchev–Trinajstić information content (AvgIpc) is 3.62. The maximum absolute atomic E-state index is 14.0. The number of nitrogens with one attached hydrogen (secondary N) is 3. The maximum atomic E-state index is 14.0. The molecule has 0 radical (unpaired) electrons. The highest BCUT2D eigenvalue weighted by atomic mass is 32.1. The Balaban J connectivity index is 2.36. The second-order valence-corrected chi connectivity index (χ2v) is 17.8. The van der Waals surface area contributed by atoms with Crippen molar-refractivity contribution in [1.29, 1.82) is 0 Å². The van der Waals surface area contributed by atoms with E-state index in [1.165, 1.54) is 19.1 Å². The average molecular weight is 856 g/mol. The number of phosphoric acid groups is 1. The molecule has 5 N–H and O–H groups in total. The molecular weight excluding hydrogens is 794 g/mol. The standard InChI is InChI=1S/C39H62N5O10PS2/c1-10-25(6)35(43-34(46)18-23(2)3)39(49)44(9)32(24(4)5)21-33(53-27(8)45)38-42-31(22-57-38)37(48)41-29(19-26(7)36(47)40-16-11-17-56)20-28-12-14-30(15-13-28)54-55(50,51)52/h12-15,22-26,29,32-33,35,56H,10-11,16-21H2,1-9H3,(H,40,47)(H,41,48)(H,43,46)(H2,50,51,52)/t25-,26?,29+,32+,33+,35-/m0/s1. The van der Waals surface area contributed by atoms with Crippen molar-refractivity contribution < 1.29 is 47.6 Å². The van der Waals surface area contributed by atoms with Gasteiger partial charge in [-0.2, -0.15) is 12.6 Å². The Labute approximate surface area is 346 Å². The summed E-state index contributed by atoms with van der Waals surface area (Å²) in [6.07, 6.45) is 1.49. The van der Waals surface area contributed by atoms with Gasteiger partial charge in [-0.3, -0.25) is 33.8 Å². The van der Waals surface area contributed by atoms with Crippen LogP contribution in [0.3, 0.4) is 0 Å². The topological polar surface area (TPSA) is 214 Å². The summed E-state index contributed by atoms with van der Waals surface area (Å²) in [5.74, 6) is -1.69. The summed E-state index contributed by atoms with van der Waals surface area (Å²) >= 11 is 5.33. The van der Waals surface area contributed by atoms with E-state index >= 15 is 0 Å². The van der Waals surface area contributed by atoms with Gasteiger partial charge in [0.25, 0.3) is 5.91 Å². The molecule has 1 aromatic heterocycles. The van der Waals surface area contributed by atoms with E-state index in [9.17, 15) is 28.5 Å². The number of carbonyl (C=O) groups excluding carboxylic acids is 5. The van der Waals surface area contributed by atoms with Crippen LogP contribution in [-0.4, -0.2) is 86.7 Å². The van der Waals surface area contributed by atoms with E-state index in [0.717, 1.165) is 11.3 Å². The first-order valence-electron chi connectivity index (χ1n) is 19.4. The summed E-state index contributed by atoms with van der Waals surface area (Å²) in [6.45, 7) is 15.2. The fourth-order valence-corrected chi connectivity index (χ4v) is 7.66. The number of thiazole rings is 1. The van der Waals surface area contributed by atoms with Gasteiger partial charge in [-0.25, -0.2) is 9.55 Å². The number of benzene rings is 1. The molecule has 1 unspecified atom stereocenters. The first kappa shape index (κ1) is 49.6. The zero-order valence-corrected chi connectivity index (χ0v) is 37.1. The summed E-state index contributed by atoms with van der Waals surface area (Å²) in [5.41, 5.74) is 0.784. The third kappa shape index (κ3) is 17.5. The molecule has 0 saturated heterocycles. The van der Waals surface area contributed by atoms with Crippen molar-refractivity contribution in [2.45, 2.75) is 118 Å². The van der Waals surface area contributed by atoms with Gasteiger partial charge in [-0.05, 0) is 60.5 Å². The number of rotatable bonds is 24. The molecule has 0 fully saturated rings. The molecule has 0 aliphatic carbocycles. The second kappa shape index (κ2) is 23.8. The van der Waals surface area contributed by atoms with E-state index in [1.54, 1.807) is 36.4 Å². The van der Waals surface area contributed by atoms with E-state index in [4.69, 9.17) is 14.5 Å². The van der Waals surface area contributed by atoms with Crippen molar-refractivity contribution in [2.24, 2.45) is 23.7 Å². The highest BCUT2D eigenvalue weighted by molar-refractivity contribution is 7.80. The van der Waals surface area contributed by atoms with Gasteiger partial charge in [0.15, 0.2) is 6.10 Å². The van der Waals surface area contributed by atoms with Crippen LogP contribution in [0.2, 0.25) is 0 Å². The van der Waals surface area contributed by atoms with Gasteiger partial charge < -0.3 is 30.1 Å². The quantitative estimate of drug-likeness (QED) is 0.0337. The van der Waals surface area contributed by atoms with E-state index in [-0.39, 0.29) is 66.2 Å². The number of hydrogen-bond donors (Lipinski definition) is 6. The van der Waals surface area contributed by atoms with Gasteiger partial charge in [-0.15, -0.1) is 11.3 Å². The van der Waals surface area contributed by atoms with Crippen LogP contribution in [0.1, 0.15) is 115 Å². The highest BCUT2D eigenvalue weighted by Gasteiger charge is 2.36. The van der Waals surface area contributed by atoms with Crippen LogP contribution in [0.5, 0.6) is 5.75 Å². The summed E-state index contributed by atoms with van der Waals surface area (Å²) in [7, 11) is -3.07. The predicted octanol–water partition coefficient (Wildman–Crippen LogP) is 5.47. The number of aromatic nitrogens is 1. The van der Waals surface area contributed by atoms with Gasteiger partial charge in [0.1, 0.15) is 22.5 Å². The highest BCUT2D eigenvalue weighted by Crippen LogP contribution is 2.37. The largest absolute Gasteiger partial charge is 0.524 e. The number of hydrogen-bond acceptors (Lipinski definition) is 11. The minimum atomic E-state index is -4.75. The molecule has 0 aliphatic heterocycles. The molecule has 2 rings (SSSR count). The van der Waals surface area contributed by atoms with Crippen LogP contribution in [-0.2, 0) is 34.9 Å². The summed E-state index contributed by atoms with van der Waals surface area (Å²) in [6, 6.07) is 4.32. The van der Waals surface area contributed by atoms with Gasteiger partial charge in [0, 0.05) is 56.7 Å². The third-order valence-corrected chi connectivity index (χ3v) is 11.2. The minimum Gasteiger partial charge on any atom is -0.455 e. The molecule has 0 spiro atoms. The molecule has 18 heteroatoms. The molecule has 1 heterocycles. The molecule has 15 nitrogen and oxygen atoms in total. The Bertz CT molecular complexity index is 1670. The van der Waals surface area contributed by atoms with Crippen LogP contribution in [0, 0.1) is 23.7 Å². The maximum Gasteiger partial charge on any atom is 0.524 e. The number of nitrogens with zero attached hydrogens (tertiary/aromatic N) is 2. The second-order valence-electron chi connectivity index (χ2n) is 15.3. The van der Waals surface area contributed by atoms with Crippen LogP contribution in [0.15, 0.2) is 29.6 Å². The van der Waals surface area contributed by atoms with E-state index in [1.807, 2.05) is 41.5 Å². The van der Waals surface area contributed by atoms with Crippen molar-refractivity contribution in [1.82, 2.24) is 25.8 Å². The molecule has 0 saturated carbocycles. The molecule has 0 aliphatic rings. The molecule has 0 bridgehead atoms. The van der Waals surface area contributed by atoms with Crippen molar-refractivity contribution >= 4 is 61.4 Å². The van der Waals surface area contributed by atoms with Gasteiger partial charge in [0.2, 0.25) is 17.7 Å². The number of likely N-dealkylation sites (N-methyl/N-ethyl adjacent to an activating group) is 1. The van der Waals surface area contributed by atoms with Crippen LogP contribution >= 0.6 is 31.8 Å².